The number of carbonyl (C=O) groups is 2. The molecule has 1 aromatic rings. The monoisotopic (exact) mass is 364 g/mol. The molecule has 0 bridgehead atoms. The third kappa shape index (κ3) is 6.70. The zero-order valence-corrected chi connectivity index (χ0v) is 17.0. The van der Waals surface area contributed by atoms with E-state index in [1.54, 1.807) is 26.0 Å². The van der Waals surface area contributed by atoms with E-state index in [-0.39, 0.29) is 23.6 Å². The summed E-state index contributed by atoms with van der Waals surface area (Å²) in [6, 6.07) is 6.95. The minimum atomic E-state index is -0.787. The van der Waals surface area contributed by atoms with Crippen molar-refractivity contribution >= 4 is 11.9 Å². The van der Waals surface area contributed by atoms with Gasteiger partial charge in [0.1, 0.15) is 11.4 Å². The van der Waals surface area contributed by atoms with E-state index in [4.69, 9.17) is 9.47 Å². The van der Waals surface area contributed by atoms with Crippen LogP contribution in [0.25, 0.3) is 0 Å². The highest BCUT2D eigenvalue weighted by molar-refractivity contribution is 5.78. The Balaban J connectivity index is 3.01. The Bertz CT molecular complexity index is 610. The molecule has 146 valence electrons. The first kappa shape index (κ1) is 22.0. The fraction of sp³-hybridized carbons (Fsp3) is 0.619. The Morgan fingerprint density at radius 3 is 2.08 bits per heavy atom. The van der Waals surface area contributed by atoms with Crippen molar-refractivity contribution in [2.24, 2.45) is 11.3 Å². The number of ether oxygens (including phenoxy) is 2. The van der Waals surface area contributed by atoms with Crippen molar-refractivity contribution in [1.29, 1.82) is 0 Å². The molecule has 1 aromatic carbocycles. The average Bonchev–Trinajstić information content (AvgIpc) is 2.52. The zero-order chi connectivity index (χ0) is 20.1. The van der Waals surface area contributed by atoms with Crippen LogP contribution in [0.5, 0.6) is 5.75 Å². The van der Waals surface area contributed by atoms with Crippen LogP contribution in [0.3, 0.4) is 0 Å². The second-order valence-electron chi connectivity index (χ2n) is 8.54. The smallest absolute Gasteiger partial charge is 0.311 e. The van der Waals surface area contributed by atoms with E-state index in [9.17, 15) is 14.7 Å². The molecule has 0 saturated carbocycles. The predicted octanol–water partition coefficient (Wildman–Crippen LogP) is 4.43. The van der Waals surface area contributed by atoms with E-state index in [1.807, 2.05) is 39.8 Å². The van der Waals surface area contributed by atoms with E-state index >= 15 is 0 Å². The number of esters is 2. The summed E-state index contributed by atoms with van der Waals surface area (Å²) in [4.78, 5) is 24.8. The lowest BCUT2D eigenvalue weighted by Gasteiger charge is -2.30. The largest absolute Gasteiger partial charge is 0.508 e. The molecule has 0 heterocycles. The summed E-state index contributed by atoms with van der Waals surface area (Å²) in [5.41, 5.74) is -0.357. The van der Waals surface area contributed by atoms with Crippen LogP contribution in [0.4, 0.5) is 0 Å². The molecule has 5 heteroatoms. The van der Waals surface area contributed by atoms with E-state index in [2.05, 4.69) is 0 Å². The summed E-state index contributed by atoms with van der Waals surface area (Å²) in [7, 11) is 1.35. The van der Waals surface area contributed by atoms with Crippen molar-refractivity contribution in [1.82, 2.24) is 0 Å². The highest BCUT2D eigenvalue weighted by atomic mass is 16.6. The summed E-state index contributed by atoms with van der Waals surface area (Å²) >= 11 is 0. The van der Waals surface area contributed by atoms with Gasteiger partial charge in [-0.3, -0.25) is 9.59 Å². The van der Waals surface area contributed by atoms with Gasteiger partial charge >= 0.3 is 11.9 Å². The molecule has 0 radical (unpaired) electrons. The Morgan fingerprint density at radius 1 is 1.08 bits per heavy atom. The van der Waals surface area contributed by atoms with Gasteiger partial charge in [0, 0.05) is 0 Å². The molecule has 0 amide bonds. The normalized spacial score (nSPS) is 14.4. The van der Waals surface area contributed by atoms with Crippen LogP contribution in [0, 0.1) is 11.3 Å². The molecule has 0 aromatic heterocycles. The van der Waals surface area contributed by atoms with Gasteiger partial charge in [0.05, 0.1) is 18.4 Å². The average molecular weight is 364 g/mol. The molecule has 1 rings (SSSR count). The molecule has 26 heavy (non-hydrogen) atoms. The molecule has 0 aliphatic rings. The van der Waals surface area contributed by atoms with Crippen LogP contribution in [0.15, 0.2) is 24.3 Å². The molecule has 0 fully saturated rings. The molecule has 0 aliphatic heterocycles. The molecule has 2 unspecified atom stereocenters. The fourth-order valence-electron chi connectivity index (χ4n) is 2.99. The lowest BCUT2D eigenvalue weighted by atomic mass is 9.78. The topological polar surface area (TPSA) is 72.8 Å². The summed E-state index contributed by atoms with van der Waals surface area (Å²) < 4.78 is 10.5. The maximum absolute atomic E-state index is 12.8. The van der Waals surface area contributed by atoms with Crippen LogP contribution in [0.2, 0.25) is 0 Å². The molecule has 5 nitrogen and oxygen atoms in total. The minimum absolute atomic E-state index is 0.0709. The van der Waals surface area contributed by atoms with Crippen LogP contribution in [0.1, 0.15) is 65.9 Å². The third-order valence-electron chi connectivity index (χ3n) is 4.33. The molecule has 0 aliphatic carbocycles. The first-order chi connectivity index (χ1) is 11.9. The van der Waals surface area contributed by atoms with Gasteiger partial charge in [-0.15, -0.1) is 0 Å². The van der Waals surface area contributed by atoms with Gasteiger partial charge in [-0.25, -0.2) is 0 Å². The summed E-state index contributed by atoms with van der Waals surface area (Å²) in [6.45, 7) is 11.1. The maximum Gasteiger partial charge on any atom is 0.311 e. The van der Waals surface area contributed by atoms with Crippen LogP contribution >= 0.6 is 0 Å². The van der Waals surface area contributed by atoms with E-state index in [1.165, 1.54) is 7.11 Å². The lowest BCUT2D eigenvalue weighted by Crippen LogP contribution is -2.35. The number of benzene rings is 1. The van der Waals surface area contributed by atoms with Crippen LogP contribution < -0.4 is 0 Å². The number of hydrogen-bond acceptors (Lipinski definition) is 5. The van der Waals surface area contributed by atoms with E-state index < -0.39 is 16.9 Å². The SMILES string of the molecule is COC(=O)C(C)(C)CC(CC(C)c1ccc(O)cc1)C(=O)OC(C)(C)C. The number of carbonyl (C=O) groups excluding carboxylic acids is 2. The van der Waals surface area contributed by atoms with Crippen molar-refractivity contribution < 1.29 is 24.2 Å². The number of methoxy groups -OCH3 is 1. The second kappa shape index (κ2) is 8.56. The number of phenolic OH excluding ortho intramolecular Hbond substituents is 1. The summed E-state index contributed by atoms with van der Waals surface area (Å²) in [5, 5.41) is 9.45. The van der Waals surface area contributed by atoms with Gasteiger partial charge in [-0.05, 0) is 71.1 Å². The zero-order valence-electron chi connectivity index (χ0n) is 17.0. The second-order valence-corrected chi connectivity index (χ2v) is 8.54. The van der Waals surface area contributed by atoms with Crippen molar-refractivity contribution in [2.45, 2.75) is 65.9 Å². The molecule has 1 N–H and O–H groups in total. The third-order valence-corrected chi connectivity index (χ3v) is 4.33. The minimum Gasteiger partial charge on any atom is -0.508 e. The Morgan fingerprint density at radius 2 is 1.62 bits per heavy atom. The molecule has 0 spiro atoms. The molecule has 2 atom stereocenters. The summed E-state index contributed by atoms with van der Waals surface area (Å²) in [6.07, 6.45) is 0.886. The van der Waals surface area contributed by atoms with Gasteiger partial charge < -0.3 is 14.6 Å². The van der Waals surface area contributed by atoms with Crippen LogP contribution in [-0.2, 0) is 19.1 Å². The first-order valence-corrected chi connectivity index (χ1v) is 8.96. The van der Waals surface area contributed by atoms with Crippen molar-refractivity contribution in [3.8, 4) is 5.75 Å². The van der Waals surface area contributed by atoms with Gasteiger partial charge in [0.15, 0.2) is 0 Å². The maximum atomic E-state index is 12.8. The molecular formula is C21H32O5. The summed E-state index contributed by atoms with van der Waals surface area (Å²) in [5.74, 6) is -0.811. The van der Waals surface area contributed by atoms with Gasteiger partial charge in [0.25, 0.3) is 0 Å². The van der Waals surface area contributed by atoms with Crippen molar-refractivity contribution in [2.75, 3.05) is 7.11 Å². The number of hydrogen-bond donors (Lipinski definition) is 1. The number of rotatable bonds is 7. The Hall–Kier alpha value is -2.04. The highest BCUT2D eigenvalue weighted by Crippen LogP contribution is 2.35. The number of phenols is 1. The fourth-order valence-corrected chi connectivity index (χ4v) is 2.99. The van der Waals surface area contributed by atoms with Crippen LogP contribution in [-0.4, -0.2) is 29.8 Å². The standard InChI is InChI=1S/C21H32O5/c1-14(15-8-10-17(22)11-9-15)12-16(18(23)26-20(2,3)4)13-21(5,6)19(24)25-7/h8-11,14,16,22H,12-13H2,1-7H3. The van der Waals surface area contributed by atoms with Crippen molar-refractivity contribution in [3.63, 3.8) is 0 Å². The Labute approximate surface area is 156 Å². The molecule has 0 saturated heterocycles. The number of aromatic hydroxyl groups is 1. The molecular weight excluding hydrogens is 332 g/mol. The van der Waals surface area contributed by atoms with Gasteiger partial charge in [0.2, 0.25) is 0 Å². The first-order valence-electron chi connectivity index (χ1n) is 8.96. The highest BCUT2D eigenvalue weighted by Gasteiger charge is 2.37. The Kier molecular flexibility index (Phi) is 7.25. The van der Waals surface area contributed by atoms with E-state index in [0.29, 0.717) is 12.8 Å². The van der Waals surface area contributed by atoms with Gasteiger partial charge in [-0.2, -0.15) is 0 Å². The van der Waals surface area contributed by atoms with E-state index in [0.717, 1.165) is 5.56 Å². The quantitative estimate of drug-likeness (QED) is 0.725. The predicted molar refractivity (Wildman–Crippen MR) is 101 cm³/mol. The van der Waals surface area contributed by atoms with Gasteiger partial charge in [-0.1, -0.05) is 19.1 Å². The van der Waals surface area contributed by atoms with Crippen molar-refractivity contribution in [3.05, 3.63) is 29.8 Å². The lowest BCUT2D eigenvalue weighted by molar-refractivity contribution is -0.163.